The normalized spacial score (nSPS) is 17.8. The van der Waals surface area contributed by atoms with Crippen molar-refractivity contribution >= 4 is 50.8 Å². The van der Waals surface area contributed by atoms with E-state index in [1.54, 1.807) is 17.5 Å². The van der Waals surface area contributed by atoms with Gasteiger partial charge in [-0.2, -0.15) is 0 Å². The van der Waals surface area contributed by atoms with E-state index in [-0.39, 0.29) is 11.4 Å². The smallest absolute Gasteiger partial charge is 0.296 e. The van der Waals surface area contributed by atoms with Gasteiger partial charge in [-0.25, -0.2) is 0 Å². The lowest BCUT2D eigenvalue weighted by molar-refractivity contribution is -0.117. The van der Waals surface area contributed by atoms with Gasteiger partial charge in [0.25, 0.3) is 5.91 Å². The average Bonchev–Trinajstić information content (AvgIpc) is 3.37. The maximum Gasteiger partial charge on any atom is 0.296 e. The molecule has 4 rings (SSSR count). The van der Waals surface area contributed by atoms with Crippen LogP contribution < -0.4 is 4.90 Å². The number of aliphatic hydroxyl groups excluding tert-OH is 1. The second-order valence-electron chi connectivity index (χ2n) is 4.88. The molecule has 1 unspecified atom stereocenters. The summed E-state index contributed by atoms with van der Waals surface area (Å²) in [4.78, 5) is 28.1. The Morgan fingerprint density at radius 1 is 1.17 bits per heavy atom. The molecule has 24 heavy (non-hydrogen) atoms. The van der Waals surface area contributed by atoms with Gasteiger partial charge in [0, 0.05) is 4.88 Å². The van der Waals surface area contributed by atoms with Crippen molar-refractivity contribution in [2.75, 3.05) is 4.90 Å². The summed E-state index contributed by atoms with van der Waals surface area (Å²) >= 11 is 3.86. The van der Waals surface area contributed by atoms with E-state index in [2.05, 4.69) is 10.2 Å². The number of carbonyl (C=O) groups is 2. The standard InChI is InChI=1S/C15H9N3O3S3/c19-12(9-4-2-6-23-9)10-11(8-3-1-5-22-8)18(14(21)13(10)20)15-17-16-7-24-15/h1-7,11,20H. The Labute approximate surface area is 148 Å². The molecule has 0 aliphatic carbocycles. The molecule has 6 nitrogen and oxygen atoms in total. The third kappa shape index (κ3) is 2.29. The molecule has 3 aromatic rings. The summed E-state index contributed by atoms with van der Waals surface area (Å²) < 4.78 is 0. The molecule has 1 aliphatic heterocycles. The first-order chi connectivity index (χ1) is 11.7. The minimum atomic E-state index is -0.694. The number of hydrogen-bond donors (Lipinski definition) is 1. The summed E-state index contributed by atoms with van der Waals surface area (Å²) in [7, 11) is 0. The number of thiophene rings is 2. The maximum absolute atomic E-state index is 12.9. The van der Waals surface area contributed by atoms with E-state index in [0.29, 0.717) is 10.0 Å². The van der Waals surface area contributed by atoms with Crippen LogP contribution in [0.15, 0.2) is 51.9 Å². The molecule has 0 aromatic carbocycles. The van der Waals surface area contributed by atoms with Gasteiger partial charge in [0.1, 0.15) is 11.6 Å². The lowest BCUT2D eigenvalue weighted by Crippen LogP contribution is -2.30. The van der Waals surface area contributed by atoms with E-state index < -0.39 is 17.7 Å². The maximum atomic E-state index is 12.9. The van der Waals surface area contributed by atoms with Crippen molar-refractivity contribution in [3.05, 3.63) is 61.6 Å². The van der Waals surface area contributed by atoms with E-state index >= 15 is 0 Å². The van der Waals surface area contributed by atoms with Gasteiger partial charge in [-0.15, -0.1) is 32.9 Å². The Balaban J connectivity index is 1.87. The van der Waals surface area contributed by atoms with Gasteiger partial charge in [-0.05, 0) is 22.9 Å². The quantitative estimate of drug-likeness (QED) is 0.706. The fourth-order valence-corrected chi connectivity index (χ4v) is 4.65. The van der Waals surface area contributed by atoms with Crippen LogP contribution in [0.4, 0.5) is 5.13 Å². The van der Waals surface area contributed by atoms with Crippen molar-refractivity contribution in [1.82, 2.24) is 10.2 Å². The molecule has 9 heteroatoms. The molecule has 1 N–H and O–H groups in total. The molecule has 0 spiro atoms. The Hall–Kier alpha value is -2.36. The van der Waals surface area contributed by atoms with Crippen LogP contribution in [0.3, 0.4) is 0 Å². The Morgan fingerprint density at radius 3 is 2.58 bits per heavy atom. The average molecular weight is 375 g/mol. The van der Waals surface area contributed by atoms with Gasteiger partial charge >= 0.3 is 0 Å². The molecule has 0 saturated carbocycles. The van der Waals surface area contributed by atoms with Crippen LogP contribution in [0.25, 0.3) is 0 Å². The fourth-order valence-electron chi connectivity index (χ4n) is 2.56. The van der Waals surface area contributed by atoms with E-state index in [0.717, 1.165) is 4.88 Å². The van der Waals surface area contributed by atoms with Gasteiger partial charge in [0.05, 0.1) is 10.5 Å². The lowest BCUT2D eigenvalue weighted by Gasteiger charge is -2.22. The number of carbonyl (C=O) groups excluding carboxylic acids is 2. The van der Waals surface area contributed by atoms with Crippen molar-refractivity contribution in [1.29, 1.82) is 0 Å². The predicted molar refractivity (Wildman–Crippen MR) is 92.8 cm³/mol. The largest absolute Gasteiger partial charge is 0.503 e. The number of ketones is 1. The van der Waals surface area contributed by atoms with E-state index in [4.69, 9.17) is 0 Å². The molecule has 0 saturated heterocycles. The van der Waals surface area contributed by atoms with Crippen LogP contribution >= 0.6 is 34.0 Å². The molecule has 4 heterocycles. The van der Waals surface area contributed by atoms with Crippen LogP contribution in [0.2, 0.25) is 0 Å². The second kappa shape index (κ2) is 5.93. The number of anilines is 1. The monoisotopic (exact) mass is 375 g/mol. The first-order valence-electron chi connectivity index (χ1n) is 6.83. The highest BCUT2D eigenvalue weighted by atomic mass is 32.1. The highest BCUT2D eigenvalue weighted by Crippen LogP contribution is 2.43. The molecular weight excluding hydrogens is 366 g/mol. The molecule has 0 bridgehead atoms. The zero-order chi connectivity index (χ0) is 16.7. The minimum Gasteiger partial charge on any atom is -0.503 e. The van der Waals surface area contributed by atoms with Crippen molar-refractivity contribution in [2.45, 2.75) is 6.04 Å². The van der Waals surface area contributed by atoms with Crippen molar-refractivity contribution in [3.63, 3.8) is 0 Å². The molecule has 0 fully saturated rings. The molecule has 1 atom stereocenters. The highest BCUT2D eigenvalue weighted by molar-refractivity contribution is 7.13. The van der Waals surface area contributed by atoms with Crippen LogP contribution in [0, 0.1) is 0 Å². The number of Topliss-reactive ketones (excluding diaryl/α,β-unsaturated/α-hetero) is 1. The number of nitrogens with zero attached hydrogens (tertiary/aromatic N) is 3. The van der Waals surface area contributed by atoms with E-state index in [1.807, 2.05) is 17.5 Å². The van der Waals surface area contributed by atoms with Gasteiger partial charge in [-0.1, -0.05) is 23.5 Å². The Morgan fingerprint density at radius 2 is 1.96 bits per heavy atom. The minimum absolute atomic E-state index is 0.0834. The number of amides is 1. The second-order valence-corrected chi connectivity index (χ2v) is 7.62. The van der Waals surface area contributed by atoms with Crippen LogP contribution in [0.1, 0.15) is 20.6 Å². The molecular formula is C15H9N3O3S3. The van der Waals surface area contributed by atoms with Gasteiger partial charge < -0.3 is 5.11 Å². The lowest BCUT2D eigenvalue weighted by atomic mass is 10.0. The Bertz CT molecular complexity index is 915. The number of hydrogen-bond acceptors (Lipinski definition) is 8. The molecule has 1 amide bonds. The van der Waals surface area contributed by atoms with Gasteiger partial charge in [0.2, 0.25) is 10.9 Å². The first kappa shape index (κ1) is 15.2. The van der Waals surface area contributed by atoms with Crippen molar-refractivity contribution < 1.29 is 14.7 Å². The predicted octanol–water partition coefficient (Wildman–Crippen LogP) is 3.44. The molecule has 120 valence electrons. The Kier molecular flexibility index (Phi) is 3.75. The third-order valence-corrected chi connectivity index (χ3v) is 6.05. The van der Waals surface area contributed by atoms with Crippen LogP contribution in [-0.2, 0) is 4.79 Å². The summed E-state index contributed by atoms with van der Waals surface area (Å²) in [5, 5.41) is 22.1. The SMILES string of the molecule is O=C(C1=C(O)C(=O)N(c2nncs2)C1c1cccs1)c1cccs1. The van der Waals surface area contributed by atoms with Gasteiger partial charge in [0.15, 0.2) is 5.76 Å². The van der Waals surface area contributed by atoms with E-state index in [9.17, 15) is 14.7 Å². The topological polar surface area (TPSA) is 83.4 Å². The van der Waals surface area contributed by atoms with Crippen LogP contribution in [-0.4, -0.2) is 27.0 Å². The molecule has 3 aromatic heterocycles. The van der Waals surface area contributed by atoms with Crippen molar-refractivity contribution in [3.8, 4) is 0 Å². The zero-order valence-corrected chi connectivity index (χ0v) is 14.4. The van der Waals surface area contributed by atoms with Crippen molar-refractivity contribution in [2.24, 2.45) is 0 Å². The molecule has 0 radical (unpaired) electrons. The first-order valence-corrected chi connectivity index (χ1v) is 9.47. The third-order valence-electron chi connectivity index (χ3n) is 3.57. The zero-order valence-electron chi connectivity index (χ0n) is 11.9. The molecule has 1 aliphatic rings. The van der Waals surface area contributed by atoms with Gasteiger partial charge in [-0.3, -0.25) is 14.5 Å². The summed E-state index contributed by atoms with van der Waals surface area (Å²) in [6.45, 7) is 0. The fraction of sp³-hybridized carbons (Fsp3) is 0.0667. The number of aromatic nitrogens is 2. The summed E-state index contributed by atoms with van der Waals surface area (Å²) in [5.74, 6) is -1.51. The summed E-state index contributed by atoms with van der Waals surface area (Å²) in [6, 6.07) is 6.41. The number of rotatable bonds is 4. The van der Waals surface area contributed by atoms with Crippen LogP contribution in [0.5, 0.6) is 0 Å². The highest BCUT2D eigenvalue weighted by Gasteiger charge is 2.46. The summed E-state index contributed by atoms with van der Waals surface area (Å²) in [6.07, 6.45) is 0. The number of aliphatic hydroxyl groups is 1. The van der Waals surface area contributed by atoms with E-state index in [1.165, 1.54) is 44.4 Å². The summed E-state index contributed by atoms with van der Waals surface area (Å²) in [5.41, 5.74) is 1.59.